The van der Waals surface area contributed by atoms with E-state index in [9.17, 15) is 9.18 Å². The zero-order valence-electron chi connectivity index (χ0n) is 15.0. The van der Waals surface area contributed by atoms with Crippen molar-refractivity contribution >= 4 is 28.5 Å². The Bertz CT molecular complexity index is 951. The van der Waals surface area contributed by atoms with Crippen LogP contribution in [0.25, 0.3) is 11.0 Å². The van der Waals surface area contributed by atoms with Crippen molar-refractivity contribution in [1.82, 2.24) is 14.5 Å². The Hall–Kier alpha value is -2.40. The Kier molecular flexibility index (Phi) is 5.28. The predicted molar refractivity (Wildman–Crippen MR) is 102 cm³/mol. The van der Waals surface area contributed by atoms with Gasteiger partial charge in [0.2, 0.25) is 0 Å². The summed E-state index contributed by atoms with van der Waals surface area (Å²) in [7, 11) is 1.90. The second-order valence-corrected chi connectivity index (χ2v) is 7.25. The fourth-order valence-corrected chi connectivity index (χ4v) is 3.16. The van der Waals surface area contributed by atoms with E-state index in [2.05, 4.69) is 4.98 Å². The molecule has 0 fully saturated rings. The summed E-state index contributed by atoms with van der Waals surface area (Å²) in [5.74, 6) is 0.408. The number of hydrogen-bond donors (Lipinski definition) is 0. The number of aryl methyl sites for hydroxylation is 1. The van der Waals surface area contributed by atoms with Crippen LogP contribution in [0.3, 0.4) is 0 Å². The third-order valence-corrected chi connectivity index (χ3v) is 4.45. The van der Waals surface area contributed by atoms with Crippen LogP contribution in [0.15, 0.2) is 42.5 Å². The molecule has 0 aliphatic carbocycles. The minimum Gasteiger partial charge on any atom is -0.331 e. The minimum absolute atomic E-state index is 0.205. The van der Waals surface area contributed by atoms with Gasteiger partial charge in [-0.2, -0.15) is 0 Å². The number of rotatable bonds is 5. The molecule has 3 rings (SSSR count). The van der Waals surface area contributed by atoms with E-state index in [1.165, 1.54) is 12.1 Å². The molecule has 6 heteroatoms. The molecule has 0 aliphatic heterocycles. The molecule has 0 spiro atoms. The van der Waals surface area contributed by atoms with Gasteiger partial charge in [-0.1, -0.05) is 31.5 Å². The lowest BCUT2D eigenvalue weighted by Crippen LogP contribution is -2.34. The first-order valence-electron chi connectivity index (χ1n) is 8.51. The Morgan fingerprint density at radius 1 is 1.27 bits per heavy atom. The fourth-order valence-electron chi connectivity index (χ4n) is 2.99. The Labute approximate surface area is 157 Å². The highest BCUT2D eigenvalue weighted by Crippen LogP contribution is 2.21. The van der Waals surface area contributed by atoms with Gasteiger partial charge in [-0.15, -0.1) is 0 Å². The minimum atomic E-state index is -0.419. The smallest absolute Gasteiger partial charge is 0.254 e. The molecule has 0 aliphatic rings. The highest BCUT2D eigenvalue weighted by Gasteiger charge is 2.20. The zero-order valence-corrected chi connectivity index (χ0v) is 15.8. The van der Waals surface area contributed by atoms with E-state index >= 15 is 0 Å². The van der Waals surface area contributed by atoms with Crippen molar-refractivity contribution in [3.8, 4) is 0 Å². The third kappa shape index (κ3) is 3.88. The van der Waals surface area contributed by atoms with E-state index in [-0.39, 0.29) is 11.8 Å². The van der Waals surface area contributed by atoms with Gasteiger partial charge in [0.1, 0.15) is 11.6 Å². The lowest BCUT2D eigenvalue weighted by molar-refractivity contribution is 0.0716. The molecule has 0 saturated heterocycles. The van der Waals surface area contributed by atoms with E-state index in [0.717, 1.165) is 16.9 Å². The van der Waals surface area contributed by atoms with Crippen LogP contribution in [0.4, 0.5) is 4.39 Å². The van der Waals surface area contributed by atoms with Crippen LogP contribution in [-0.4, -0.2) is 26.9 Å². The summed E-state index contributed by atoms with van der Waals surface area (Å²) in [5, 5.41) is 0.641. The number of nitrogens with zero attached hydrogens (tertiary/aromatic N) is 3. The Morgan fingerprint density at radius 2 is 2.04 bits per heavy atom. The average Bonchev–Trinajstić information content (AvgIpc) is 2.89. The van der Waals surface area contributed by atoms with Crippen molar-refractivity contribution in [2.75, 3.05) is 6.54 Å². The molecule has 0 N–H and O–H groups in total. The summed E-state index contributed by atoms with van der Waals surface area (Å²) in [6.45, 7) is 4.98. The number of amides is 1. The number of halogens is 2. The summed E-state index contributed by atoms with van der Waals surface area (Å²) < 4.78 is 15.5. The number of aromatic nitrogens is 2. The molecule has 2 aromatic carbocycles. The van der Waals surface area contributed by atoms with Crippen molar-refractivity contribution in [3.63, 3.8) is 0 Å². The van der Waals surface area contributed by atoms with Crippen LogP contribution in [0.1, 0.15) is 30.0 Å². The number of carbonyl (C=O) groups excluding carboxylic acids is 1. The number of benzene rings is 2. The molecular formula is C20H21ClFN3O. The summed E-state index contributed by atoms with van der Waals surface area (Å²) >= 11 is 6.08. The van der Waals surface area contributed by atoms with Gasteiger partial charge in [0.15, 0.2) is 0 Å². The molecule has 26 heavy (non-hydrogen) atoms. The first-order chi connectivity index (χ1) is 12.3. The largest absolute Gasteiger partial charge is 0.331 e. The molecule has 0 radical (unpaired) electrons. The van der Waals surface area contributed by atoms with Crippen LogP contribution in [0.2, 0.25) is 5.02 Å². The first kappa shape index (κ1) is 18.4. The SMILES string of the molecule is CC(C)CN(Cc1nc2ccc(Cl)cc2n1C)C(=O)c1cccc(F)c1. The third-order valence-electron chi connectivity index (χ3n) is 4.21. The Balaban J connectivity index is 1.94. The van der Waals surface area contributed by atoms with Crippen molar-refractivity contribution in [3.05, 3.63) is 64.7 Å². The fraction of sp³-hybridized carbons (Fsp3) is 0.300. The maximum Gasteiger partial charge on any atom is 0.254 e. The zero-order chi connectivity index (χ0) is 18.8. The number of fused-ring (bicyclic) bond motifs is 1. The number of hydrogen-bond acceptors (Lipinski definition) is 2. The summed E-state index contributed by atoms with van der Waals surface area (Å²) in [6.07, 6.45) is 0. The summed E-state index contributed by atoms with van der Waals surface area (Å²) in [6, 6.07) is 11.3. The van der Waals surface area contributed by atoms with Crippen LogP contribution < -0.4 is 0 Å². The molecule has 3 aromatic rings. The molecule has 0 bridgehead atoms. The van der Waals surface area contributed by atoms with E-state index in [1.807, 2.05) is 37.6 Å². The van der Waals surface area contributed by atoms with Gasteiger partial charge < -0.3 is 9.47 Å². The predicted octanol–water partition coefficient (Wildman–Crippen LogP) is 4.66. The average molecular weight is 374 g/mol. The van der Waals surface area contributed by atoms with Gasteiger partial charge in [0, 0.05) is 24.2 Å². The lowest BCUT2D eigenvalue weighted by Gasteiger charge is -2.24. The van der Waals surface area contributed by atoms with Gasteiger partial charge in [0.25, 0.3) is 5.91 Å². The molecule has 0 unspecified atom stereocenters. The standard InChI is InChI=1S/C20H21ClFN3O/c1-13(2)11-25(20(26)14-5-4-6-16(22)9-14)12-19-23-17-8-7-15(21)10-18(17)24(19)3/h4-10,13H,11-12H2,1-3H3. The van der Waals surface area contributed by atoms with Gasteiger partial charge in [-0.25, -0.2) is 9.37 Å². The number of imidazole rings is 1. The first-order valence-corrected chi connectivity index (χ1v) is 8.88. The van der Waals surface area contributed by atoms with Crippen molar-refractivity contribution in [1.29, 1.82) is 0 Å². The van der Waals surface area contributed by atoms with Crippen LogP contribution >= 0.6 is 11.6 Å². The van der Waals surface area contributed by atoms with Crippen molar-refractivity contribution < 1.29 is 9.18 Å². The molecule has 0 saturated carbocycles. The van der Waals surface area contributed by atoms with E-state index < -0.39 is 5.82 Å². The molecule has 1 aromatic heterocycles. The second kappa shape index (κ2) is 7.46. The van der Waals surface area contributed by atoms with E-state index in [0.29, 0.717) is 23.7 Å². The highest BCUT2D eigenvalue weighted by atomic mass is 35.5. The van der Waals surface area contributed by atoms with Gasteiger partial charge >= 0.3 is 0 Å². The van der Waals surface area contributed by atoms with Gasteiger partial charge in [-0.05, 0) is 42.3 Å². The summed E-state index contributed by atoms with van der Waals surface area (Å²) in [5.41, 5.74) is 2.08. The monoisotopic (exact) mass is 373 g/mol. The lowest BCUT2D eigenvalue weighted by atomic mass is 10.1. The summed E-state index contributed by atoms with van der Waals surface area (Å²) in [4.78, 5) is 19.3. The molecule has 4 nitrogen and oxygen atoms in total. The molecule has 136 valence electrons. The van der Waals surface area contributed by atoms with Gasteiger partial charge in [0.05, 0.1) is 17.6 Å². The Morgan fingerprint density at radius 3 is 2.73 bits per heavy atom. The van der Waals surface area contributed by atoms with E-state index in [4.69, 9.17) is 11.6 Å². The van der Waals surface area contributed by atoms with E-state index in [1.54, 1.807) is 23.1 Å². The quantitative estimate of drug-likeness (QED) is 0.652. The maximum absolute atomic E-state index is 13.5. The second-order valence-electron chi connectivity index (χ2n) is 6.81. The molecule has 1 heterocycles. The molecular weight excluding hydrogens is 353 g/mol. The van der Waals surface area contributed by atoms with Crippen LogP contribution in [0.5, 0.6) is 0 Å². The molecule has 1 amide bonds. The topological polar surface area (TPSA) is 38.1 Å². The van der Waals surface area contributed by atoms with Crippen molar-refractivity contribution in [2.45, 2.75) is 20.4 Å². The highest BCUT2D eigenvalue weighted by molar-refractivity contribution is 6.31. The van der Waals surface area contributed by atoms with Crippen LogP contribution in [-0.2, 0) is 13.6 Å². The molecule has 0 atom stereocenters. The van der Waals surface area contributed by atoms with Crippen molar-refractivity contribution in [2.24, 2.45) is 13.0 Å². The normalized spacial score (nSPS) is 11.3. The maximum atomic E-state index is 13.5. The van der Waals surface area contributed by atoms with Crippen LogP contribution in [0, 0.1) is 11.7 Å². The van der Waals surface area contributed by atoms with Gasteiger partial charge in [-0.3, -0.25) is 4.79 Å². The number of carbonyl (C=O) groups is 1.